The highest BCUT2D eigenvalue weighted by atomic mass is 19.1. The third kappa shape index (κ3) is 2.93. The topological polar surface area (TPSA) is 77.0 Å². The lowest BCUT2D eigenvalue weighted by Crippen LogP contribution is -2.07. The number of anilines is 2. The van der Waals surface area contributed by atoms with Gasteiger partial charge in [0.15, 0.2) is 5.82 Å². The fourth-order valence-electron chi connectivity index (χ4n) is 1.44. The third-order valence-corrected chi connectivity index (χ3v) is 2.24. The number of nitrogens with two attached hydrogens (primary N) is 1. The Balaban J connectivity index is 1.90. The van der Waals surface area contributed by atoms with Crippen LogP contribution in [0.2, 0.25) is 0 Å². The molecule has 2 aromatic rings. The molecule has 0 amide bonds. The van der Waals surface area contributed by atoms with E-state index in [1.54, 1.807) is 13.0 Å². The fourth-order valence-corrected chi connectivity index (χ4v) is 1.44. The summed E-state index contributed by atoms with van der Waals surface area (Å²) in [6.45, 7) is 2.36. The molecule has 0 aliphatic heterocycles. The van der Waals surface area contributed by atoms with Crippen LogP contribution < -0.4 is 11.1 Å². The third-order valence-electron chi connectivity index (χ3n) is 2.24. The van der Waals surface area contributed by atoms with Crippen molar-refractivity contribution in [3.05, 3.63) is 35.7 Å². The number of nitrogen functional groups attached to an aromatic ring is 1. The maximum absolute atomic E-state index is 12.8. The standard InChI is InChI=1S/C11H13FN4O/c1-7-15-11(17-16-7)4-5-14-10-3-2-8(12)6-9(10)13/h2-3,6,14H,4-5,13H2,1H3. The summed E-state index contributed by atoms with van der Waals surface area (Å²) in [6, 6.07) is 4.23. The maximum Gasteiger partial charge on any atom is 0.228 e. The van der Waals surface area contributed by atoms with Crippen LogP contribution in [0.1, 0.15) is 11.7 Å². The molecule has 2 rings (SSSR count). The molecule has 0 saturated heterocycles. The van der Waals surface area contributed by atoms with Gasteiger partial charge in [0.1, 0.15) is 5.82 Å². The lowest BCUT2D eigenvalue weighted by atomic mass is 10.2. The van der Waals surface area contributed by atoms with Gasteiger partial charge in [0.2, 0.25) is 5.89 Å². The quantitative estimate of drug-likeness (QED) is 0.791. The Bertz CT molecular complexity index is 512. The van der Waals surface area contributed by atoms with Crippen LogP contribution in [-0.4, -0.2) is 16.7 Å². The first-order valence-corrected chi connectivity index (χ1v) is 5.23. The van der Waals surface area contributed by atoms with Gasteiger partial charge in [-0.05, 0) is 25.1 Å². The van der Waals surface area contributed by atoms with Crippen LogP contribution in [0, 0.1) is 12.7 Å². The highest BCUT2D eigenvalue weighted by molar-refractivity contribution is 5.65. The van der Waals surface area contributed by atoms with Crippen molar-refractivity contribution in [1.82, 2.24) is 10.1 Å². The van der Waals surface area contributed by atoms with Gasteiger partial charge in [0.25, 0.3) is 0 Å². The predicted octanol–water partition coefficient (Wildman–Crippen LogP) is 1.75. The number of hydrogen-bond acceptors (Lipinski definition) is 5. The van der Waals surface area contributed by atoms with Gasteiger partial charge in [-0.3, -0.25) is 0 Å². The van der Waals surface area contributed by atoms with Crippen molar-refractivity contribution in [2.75, 3.05) is 17.6 Å². The summed E-state index contributed by atoms with van der Waals surface area (Å²) < 4.78 is 17.8. The summed E-state index contributed by atoms with van der Waals surface area (Å²) in [7, 11) is 0. The van der Waals surface area contributed by atoms with E-state index in [0.717, 1.165) is 0 Å². The highest BCUT2D eigenvalue weighted by Gasteiger charge is 2.03. The first-order valence-electron chi connectivity index (χ1n) is 5.23. The molecule has 3 N–H and O–H groups in total. The Morgan fingerprint density at radius 2 is 2.29 bits per heavy atom. The van der Waals surface area contributed by atoms with E-state index in [2.05, 4.69) is 15.5 Å². The summed E-state index contributed by atoms with van der Waals surface area (Å²) in [5, 5.41) is 6.76. The Hall–Kier alpha value is -2.11. The molecule has 1 aromatic heterocycles. The first-order chi connectivity index (χ1) is 8.15. The van der Waals surface area contributed by atoms with Gasteiger partial charge in [0, 0.05) is 13.0 Å². The first kappa shape index (κ1) is 11.4. The van der Waals surface area contributed by atoms with Crippen LogP contribution in [-0.2, 0) is 6.42 Å². The van der Waals surface area contributed by atoms with Crippen molar-refractivity contribution in [3.63, 3.8) is 0 Å². The molecule has 0 aliphatic rings. The zero-order chi connectivity index (χ0) is 12.3. The van der Waals surface area contributed by atoms with Crippen LogP contribution >= 0.6 is 0 Å². The zero-order valence-corrected chi connectivity index (χ0v) is 9.40. The largest absolute Gasteiger partial charge is 0.397 e. The zero-order valence-electron chi connectivity index (χ0n) is 9.40. The van der Waals surface area contributed by atoms with Crippen molar-refractivity contribution in [3.8, 4) is 0 Å². The molecule has 1 aromatic carbocycles. The van der Waals surface area contributed by atoms with Gasteiger partial charge in [-0.1, -0.05) is 5.16 Å². The summed E-state index contributed by atoms with van der Waals surface area (Å²) in [5.41, 5.74) is 6.73. The second-order valence-corrected chi connectivity index (χ2v) is 3.64. The maximum atomic E-state index is 12.8. The SMILES string of the molecule is Cc1noc(CCNc2ccc(F)cc2N)n1. The predicted molar refractivity (Wildman–Crippen MR) is 62.0 cm³/mol. The normalized spacial score (nSPS) is 10.5. The molecule has 6 heteroatoms. The number of halogens is 1. The monoisotopic (exact) mass is 236 g/mol. The van der Waals surface area contributed by atoms with Gasteiger partial charge < -0.3 is 15.6 Å². The van der Waals surface area contributed by atoms with Crippen molar-refractivity contribution in [2.45, 2.75) is 13.3 Å². The fraction of sp³-hybridized carbons (Fsp3) is 0.273. The van der Waals surface area contributed by atoms with E-state index in [1.165, 1.54) is 12.1 Å². The Kier molecular flexibility index (Phi) is 3.22. The summed E-state index contributed by atoms with van der Waals surface area (Å²) in [6.07, 6.45) is 0.595. The lowest BCUT2D eigenvalue weighted by Gasteiger charge is -2.07. The van der Waals surface area contributed by atoms with E-state index >= 15 is 0 Å². The summed E-state index contributed by atoms with van der Waals surface area (Å²) >= 11 is 0. The molecule has 5 nitrogen and oxygen atoms in total. The smallest absolute Gasteiger partial charge is 0.228 e. The van der Waals surface area contributed by atoms with Crippen molar-refractivity contribution in [1.29, 1.82) is 0 Å². The van der Waals surface area contributed by atoms with Gasteiger partial charge in [-0.2, -0.15) is 4.98 Å². The molecule has 0 saturated carbocycles. The van der Waals surface area contributed by atoms with Crippen LogP contribution in [0.4, 0.5) is 15.8 Å². The second kappa shape index (κ2) is 4.82. The Morgan fingerprint density at radius 3 is 2.94 bits per heavy atom. The second-order valence-electron chi connectivity index (χ2n) is 3.64. The lowest BCUT2D eigenvalue weighted by molar-refractivity contribution is 0.377. The number of hydrogen-bond donors (Lipinski definition) is 2. The molecule has 0 aliphatic carbocycles. The van der Waals surface area contributed by atoms with Crippen LogP contribution in [0.5, 0.6) is 0 Å². The number of aromatic nitrogens is 2. The van der Waals surface area contributed by atoms with Crippen molar-refractivity contribution >= 4 is 11.4 Å². The number of nitrogens with one attached hydrogen (secondary N) is 1. The molecule has 0 radical (unpaired) electrons. The summed E-state index contributed by atoms with van der Waals surface area (Å²) in [4.78, 5) is 4.07. The van der Waals surface area contributed by atoms with Crippen LogP contribution in [0.3, 0.4) is 0 Å². The van der Waals surface area contributed by atoms with Crippen molar-refractivity contribution < 1.29 is 8.91 Å². The molecule has 1 heterocycles. The van der Waals surface area contributed by atoms with E-state index in [-0.39, 0.29) is 5.82 Å². The molecular weight excluding hydrogens is 223 g/mol. The van der Waals surface area contributed by atoms with Crippen LogP contribution in [0.25, 0.3) is 0 Å². The van der Waals surface area contributed by atoms with E-state index < -0.39 is 0 Å². The average Bonchev–Trinajstić information content (AvgIpc) is 2.68. The minimum absolute atomic E-state index is 0.347. The highest BCUT2D eigenvalue weighted by Crippen LogP contribution is 2.18. The van der Waals surface area contributed by atoms with Gasteiger partial charge >= 0.3 is 0 Å². The Morgan fingerprint density at radius 1 is 1.47 bits per heavy atom. The van der Waals surface area contributed by atoms with Gasteiger partial charge in [0.05, 0.1) is 11.4 Å². The molecular formula is C11H13FN4O. The molecule has 90 valence electrons. The van der Waals surface area contributed by atoms with Gasteiger partial charge in [-0.25, -0.2) is 4.39 Å². The molecule has 0 unspecified atom stereocenters. The van der Waals surface area contributed by atoms with E-state index in [4.69, 9.17) is 10.3 Å². The molecule has 0 atom stereocenters. The Labute approximate surface area is 97.8 Å². The van der Waals surface area contributed by atoms with Gasteiger partial charge in [-0.15, -0.1) is 0 Å². The average molecular weight is 236 g/mol. The summed E-state index contributed by atoms with van der Waals surface area (Å²) in [5.74, 6) is 0.831. The minimum Gasteiger partial charge on any atom is -0.397 e. The molecule has 0 bridgehead atoms. The number of aryl methyl sites for hydroxylation is 1. The van der Waals surface area contributed by atoms with E-state index in [1.807, 2.05) is 0 Å². The van der Waals surface area contributed by atoms with E-state index in [9.17, 15) is 4.39 Å². The van der Waals surface area contributed by atoms with Crippen molar-refractivity contribution in [2.24, 2.45) is 0 Å². The molecule has 0 fully saturated rings. The molecule has 17 heavy (non-hydrogen) atoms. The van der Waals surface area contributed by atoms with E-state index in [0.29, 0.717) is 36.1 Å². The minimum atomic E-state index is -0.347. The number of benzene rings is 1. The molecule has 0 spiro atoms. The number of nitrogens with zero attached hydrogens (tertiary/aromatic N) is 2. The van der Waals surface area contributed by atoms with Crippen LogP contribution in [0.15, 0.2) is 22.7 Å². The number of rotatable bonds is 4.